The minimum Gasteiger partial charge on any atom is -0.343 e. The van der Waals surface area contributed by atoms with Gasteiger partial charge in [0.1, 0.15) is 10.5 Å². The Balaban J connectivity index is 1.35. The molecule has 1 aliphatic carbocycles. The molecule has 8 heteroatoms. The van der Waals surface area contributed by atoms with Gasteiger partial charge in [0.2, 0.25) is 11.8 Å². The summed E-state index contributed by atoms with van der Waals surface area (Å²) in [4.78, 5) is 21.5. The quantitative estimate of drug-likeness (QED) is 0.692. The lowest BCUT2D eigenvalue weighted by molar-refractivity contribution is -0.120. The van der Waals surface area contributed by atoms with Gasteiger partial charge in [0.25, 0.3) is 0 Å². The molecule has 0 bridgehead atoms. The van der Waals surface area contributed by atoms with E-state index in [0.717, 1.165) is 42.0 Å². The summed E-state index contributed by atoms with van der Waals surface area (Å²) in [5.41, 5.74) is 0.556. The Bertz CT molecular complexity index is 882. The molecule has 1 aliphatic rings. The van der Waals surface area contributed by atoms with Gasteiger partial charge in [-0.25, -0.2) is 4.98 Å². The average molecular weight is 389 g/mol. The van der Waals surface area contributed by atoms with Gasteiger partial charge in [0.15, 0.2) is 5.82 Å². The van der Waals surface area contributed by atoms with E-state index in [1.165, 1.54) is 4.70 Å². The van der Waals surface area contributed by atoms with Crippen LogP contribution in [-0.2, 0) is 16.1 Å². The van der Waals surface area contributed by atoms with Gasteiger partial charge in [-0.3, -0.25) is 4.79 Å². The van der Waals surface area contributed by atoms with Gasteiger partial charge in [0, 0.05) is 12.7 Å². The number of nitrogens with one attached hydrogen (secondary N) is 1. The molecule has 0 spiro atoms. The number of carbonyl (C=O) groups is 1. The van der Waals surface area contributed by atoms with Crippen molar-refractivity contribution in [3.63, 3.8) is 0 Å². The van der Waals surface area contributed by atoms with Gasteiger partial charge in [0.05, 0.1) is 16.0 Å². The number of hydrogen-bond donors (Lipinski definition) is 1. The molecule has 1 saturated carbocycles. The predicted octanol–water partition coefficient (Wildman–Crippen LogP) is 3.81. The summed E-state index contributed by atoms with van der Waals surface area (Å²) in [7, 11) is 0. The van der Waals surface area contributed by atoms with E-state index in [9.17, 15) is 4.79 Å². The van der Waals surface area contributed by atoms with Crippen LogP contribution in [0, 0.1) is 6.92 Å². The molecule has 0 radical (unpaired) electrons. The fourth-order valence-corrected chi connectivity index (χ4v) is 5.24. The molecule has 0 unspecified atom stereocenters. The summed E-state index contributed by atoms with van der Waals surface area (Å²) in [5, 5.41) is 8.28. The fourth-order valence-electron chi connectivity index (χ4n) is 3.39. The lowest BCUT2D eigenvalue weighted by Gasteiger charge is -2.26. The Kier molecular flexibility index (Phi) is 4.95. The Labute approximate surface area is 159 Å². The van der Waals surface area contributed by atoms with Crippen LogP contribution in [-0.4, -0.2) is 26.8 Å². The van der Waals surface area contributed by atoms with E-state index in [-0.39, 0.29) is 5.91 Å². The molecule has 1 amide bonds. The zero-order chi connectivity index (χ0) is 18.0. The van der Waals surface area contributed by atoms with Crippen LogP contribution in [0.2, 0.25) is 0 Å². The monoisotopic (exact) mass is 388 g/mol. The maximum Gasteiger partial charge on any atom is 0.230 e. The molecule has 4 rings (SSSR count). The van der Waals surface area contributed by atoms with Crippen molar-refractivity contribution in [2.24, 2.45) is 0 Å². The first-order chi connectivity index (χ1) is 12.6. The highest BCUT2D eigenvalue weighted by atomic mass is 32.2. The number of amides is 1. The van der Waals surface area contributed by atoms with Crippen molar-refractivity contribution in [1.82, 2.24) is 20.4 Å². The number of nitrogens with zero attached hydrogens (tertiary/aromatic N) is 3. The molecular weight excluding hydrogens is 368 g/mol. The zero-order valence-electron chi connectivity index (χ0n) is 14.5. The largest absolute Gasteiger partial charge is 0.343 e. The first-order valence-corrected chi connectivity index (χ1v) is 10.7. The third kappa shape index (κ3) is 3.61. The molecule has 2 heterocycles. The highest BCUT2D eigenvalue weighted by Gasteiger charge is 2.41. The average Bonchev–Trinajstić information content (AvgIpc) is 3.34. The molecule has 136 valence electrons. The Morgan fingerprint density at radius 3 is 2.85 bits per heavy atom. The third-order valence-electron chi connectivity index (χ3n) is 4.59. The lowest BCUT2D eigenvalue weighted by Crippen LogP contribution is -2.45. The van der Waals surface area contributed by atoms with Crippen molar-refractivity contribution in [1.29, 1.82) is 0 Å². The fraction of sp³-hybridized carbons (Fsp3) is 0.444. The first kappa shape index (κ1) is 17.5. The van der Waals surface area contributed by atoms with Crippen molar-refractivity contribution in [3.05, 3.63) is 41.0 Å². The number of thioether (sulfide) groups is 1. The van der Waals surface area contributed by atoms with Gasteiger partial charge in [-0.05, 0) is 25.0 Å². The van der Waals surface area contributed by atoms with Crippen LogP contribution in [0.5, 0.6) is 0 Å². The summed E-state index contributed by atoms with van der Waals surface area (Å²) in [6.07, 6.45) is 3.85. The number of para-hydroxylation sites is 1. The van der Waals surface area contributed by atoms with Crippen LogP contribution < -0.4 is 5.32 Å². The molecule has 1 aromatic carbocycles. The Morgan fingerprint density at radius 1 is 1.31 bits per heavy atom. The van der Waals surface area contributed by atoms with E-state index in [4.69, 9.17) is 4.52 Å². The summed E-state index contributed by atoms with van der Waals surface area (Å²) in [5.74, 6) is 2.29. The number of rotatable bonds is 6. The van der Waals surface area contributed by atoms with Gasteiger partial charge in [-0.1, -0.05) is 30.1 Å². The zero-order valence-corrected chi connectivity index (χ0v) is 16.2. The molecule has 3 aromatic rings. The lowest BCUT2D eigenvalue weighted by atomic mass is 9.96. The molecule has 1 fully saturated rings. The molecular formula is C18H20N4O2S2. The second-order valence-corrected chi connectivity index (χ2v) is 8.64. The van der Waals surface area contributed by atoms with Crippen LogP contribution >= 0.6 is 23.1 Å². The summed E-state index contributed by atoms with van der Waals surface area (Å²) in [6, 6.07) is 8.10. The van der Waals surface area contributed by atoms with Crippen molar-refractivity contribution in [2.75, 3.05) is 5.75 Å². The molecule has 1 N–H and O–H groups in total. The van der Waals surface area contributed by atoms with Crippen LogP contribution in [0.4, 0.5) is 0 Å². The molecule has 26 heavy (non-hydrogen) atoms. The Hall–Kier alpha value is -1.93. The van der Waals surface area contributed by atoms with Crippen LogP contribution in [0.3, 0.4) is 0 Å². The van der Waals surface area contributed by atoms with Gasteiger partial charge >= 0.3 is 0 Å². The number of hydrogen-bond acceptors (Lipinski definition) is 7. The van der Waals surface area contributed by atoms with E-state index >= 15 is 0 Å². The predicted molar refractivity (Wildman–Crippen MR) is 103 cm³/mol. The smallest absolute Gasteiger partial charge is 0.230 e. The topological polar surface area (TPSA) is 80.9 Å². The number of aryl methyl sites for hydroxylation is 1. The minimum atomic E-state index is -0.467. The second kappa shape index (κ2) is 7.36. The van der Waals surface area contributed by atoms with Crippen molar-refractivity contribution < 1.29 is 9.32 Å². The number of thiazole rings is 1. The molecule has 0 saturated heterocycles. The normalized spacial score (nSPS) is 16.2. The van der Waals surface area contributed by atoms with E-state index < -0.39 is 5.54 Å². The van der Waals surface area contributed by atoms with Crippen molar-refractivity contribution in [3.8, 4) is 0 Å². The third-order valence-corrected chi connectivity index (χ3v) is 6.75. The minimum absolute atomic E-state index is 0.0143. The highest BCUT2D eigenvalue weighted by molar-refractivity contribution is 7.99. The maximum atomic E-state index is 12.5. The van der Waals surface area contributed by atoms with E-state index in [2.05, 4.69) is 26.5 Å². The SMILES string of the molecule is Cc1nc(C2(NC(=O)CSCc3nc4ccccc4s3)CCCC2)no1. The van der Waals surface area contributed by atoms with E-state index in [1.807, 2.05) is 18.2 Å². The van der Waals surface area contributed by atoms with E-state index in [1.54, 1.807) is 30.0 Å². The van der Waals surface area contributed by atoms with E-state index in [0.29, 0.717) is 17.5 Å². The van der Waals surface area contributed by atoms with Gasteiger partial charge < -0.3 is 9.84 Å². The maximum absolute atomic E-state index is 12.5. The second-order valence-electron chi connectivity index (χ2n) is 6.54. The summed E-state index contributed by atoms with van der Waals surface area (Å²) < 4.78 is 6.31. The van der Waals surface area contributed by atoms with Gasteiger partial charge in [-0.2, -0.15) is 4.98 Å². The van der Waals surface area contributed by atoms with Crippen LogP contribution in [0.25, 0.3) is 10.2 Å². The van der Waals surface area contributed by atoms with Crippen molar-refractivity contribution >= 4 is 39.2 Å². The first-order valence-electron chi connectivity index (χ1n) is 8.69. The number of carbonyl (C=O) groups excluding carboxylic acids is 1. The van der Waals surface area contributed by atoms with Crippen molar-refractivity contribution in [2.45, 2.75) is 43.9 Å². The van der Waals surface area contributed by atoms with Crippen LogP contribution in [0.1, 0.15) is 42.4 Å². The highest BCUT2D eigenvalue weighted by Crippen LogP contribution is 2.37. The standard InChI is InChI=1S/C18H20N4O2S2/c1-12-19-17(22-24-12)18(8-4-5-9-18)21-15(23)10-25-11-16-20-13-6-2-3-7-14(13)26-16/h2-3,6-7H,4-5,8-11H2,1H3,(H,21,23). The summed E-state index contributed by atoms with van der Waals surface area (Å²) >= 11 is 3.27. The molecule has 6 nitrogen and oxygen atoms in total. The Morgan fingerprint density at radius 2 is 2.12 bits per heavy atom. The number of aromatic nitrogens is 3. The van der Waals surface area contributed by atoms with Gasteiger partial charge in [-0.15, -0.1) is 23.1 Å². The molecule has 0 atom stereocenters. The summed E-state index contributed by atoms with van der Waals surface area (Å²) in [6.45, 7) is 1.77. The molecule has 0 aliphatic heterocycles. The molecule has 2 aromatic heterocycles. The number of fused-ring (bicyclic) bond motifs is 1. The number of benzene rings is 1. The van der Waals surface area contributed by atoms with Crippen LogP contribution in [0.15, 0.2) is 28.8 Å².